The average Bonchev–Trinajstić information content (AvgIpc) is 2.85. The number of fused-ring (bicyclic) bond motifs is 1. The molecule has 0 bridgehead atoms. The molecule has 1 amide bonds. The minimum atomic E-state index is -0.197. The summed E-state index contributed by atoms with van der Waals surface area (Å²) in [5, 5.41) is 4.32. The summed E-state index contributed by atoms with van der Waals surface area (Å²) in [4.78, 5) is 15.6. The topological polar surface area (TPSA) is 44.9 Å². The Morgan fingerprint density at radius 2 is 1.82 bits per heavy atom. The van der Waals surface area contributed by atoms with E-state index in [4.69, 9.17) is 11.6 Å². The minimum Gasteiger partial charge on any atom is -0.349 e. The maximum absolute atomic E-state index is 12.5. The van der Waals surface area contributed by atoms with Gasteiger partial charge in [-0.1, -0.05) is 54.1 Å². The first kappa shape index (κ1) is 14.7. The third-order valence-corrected chi connectivity index (χ3v) is 4.26. The van der Waals surface area contributed by atoms with Crippen LogP contribution < -0.4 is 5.32 Å². The quantitative estimate of drug-likeness (QED) is 0.728. The van der Waals surface area contributed by atoms with E-state index < -0.39 is 0 Å². The summed E-state index contributed by atoms with van der Waals surface area (Å²) < 4.78 is 0. The molecular formula is C18H17ClN2O. The van der Waals surface area contributed by atoms with Crippen LogP contribution in [0.3, 0.4) is 0 Å². The molecule has 0 radical (unpaired) electrons. The molecule has 0 fully saturated rings. The van der Waals surface area contributed by atoms with Crippen molar-refractivity contribution < 1.29 is 4.79 Å². The number of halogens is 1. The molecule has 2 aromatic carbocycles. The van der Waals surface area contributed by atoms with Crippen LogP contribution in [0.1, 0.15) is 34.6 Å². The molecular weight excluding hydrogens is 296 g/mol. The smallest absolute Gasteiger partial charge is 0.269 e. The number of para-hydroxylation sites is 1. The first-order valence-corrected chi connectivity index (χ1v) is 7.58. The molecule has 4 heteroatoms. The normalized spacial score (nSPS) is 12.3. The summed E-state index contributed by atoms with van der Waals surface area (Å²) in [7, 11) is 0. The summed E-state index contributed by atoms with van der Waals surface area (Å²) in [5.74, 6) is -0.197. The first-order chi connectivity index (χ1) is 10.6. The molecule has 112 valence electrons. The summed E-state index contributed by atoms with van der Waals surface area (Å²) in [6.45, 7) is 4.00. The molecule has 1 atom stereocenters. The SMILES string of the molecule is Cc1ccccc1[C@@H](C)NC(=O)c1[nH]c2ccccc2c1Cl. The third kappa shape index (κ3) is 2.60. The van der Waals surface area contributed by atoms with Gasteiger partial charge in [-0.3, -0.25) is 4.79 Å². The lowest BCUT2D eigenvalue weighted by Crippen LogP contribution is -2.27. The fourth-order valence-corrected chi connectivity index (χ4v) is 2.98. The fraction of sp³-hybridized carbons (Fsp3) is 0.167. The Bertz CT molecular complexity index is 838. The van der Waals surface area contributed by atoms with Gasteiger partial charge < -0.3 is 10.3 Å². The van der Waals surface area contributed by atoms with Crippen molar-refractivity contribution in [1.29, 1.82) is 0 Å². The Morgan fingerprint density at radius 3 is 2.55 bits per heavy atom. The Labute approximate surface area is 134 Å². The van der Waals surface area contributed by atoms with Crippen molar-refractivity contribution >= 4 is 28.4 Å². The summed E-state index contributed by atoms with van der Waals surface area (Å²) in [6, 6.07) is 15.5. The number of aryl methyl sites for hydroxylation is 1. The molecule has 3 rings (SSSR count). The lowest BCUT2D eigenvalue weighted by atomic mass is 10.0. The highest BCUT2D eigenvalue weighted by Gasteiger charge is 2.18. The number of carbonyl (C=O) groups is 1. The van der Waals surface area contributed by atoms with E-state index in [2.05, 4.69) is 10.3 Å². The lowest BCUT2D eigenvalue weighted by Gasteiger charge is -2.16. The molecule has 0 aliphatic carbocycles. The van der Waals surface area contributed by atoms with Crippen LogP contribution in [0.2, 0.25) is 5.02 Å². The molecule has 2 N–H and O–H groups in total. The Hall–Kier alpha value is -2.26. The molecule has 1 heterocycles. The number of carbonyl (C=O) groups excluding carboxylic acids is 1. The zero-order valence-electron chi connectivity index (χ0n) is 12.5. The summed E-state index contributed by atoms with van der Waals surface area (Å²) >= 11 is 6.32. The number of rotatable bonds is 3. The lowest BCUT2D eigenvalue weighted by molar-refractivity contribution is 0.0936. The van der Waals surface area contributed by atoms with Crippen molar-refractivity contribution in [2.24, 2.45) is 0 Å². The van der Waals surface area contributed by atoms with Crippen LogP contribution in [0.25, 0.3) is 10.9 Å². The average molecular weight is 313 g/mol. The molecule has 3 aromatic rings. The van der Waals surface area contributed by atoms with E-state index in [9.17, 15) is 4.79 Å². The van der Waals surface area contributed by atoms with Crippen molar-refractivity contribution in [3.05, 3.63) is 70.4 Å². The van der Waals surface area contributed by atoms with E-state index in [1.165, 1.54) is 0 Å². The summed E-state index contributed by atoms with van der Waals surface area (Å²) in [5.41, 5.74) is 3.52. The molecule has 1 aromatic heterocycles. The predicted octanol–water partition coefficient (Wildman–Crippen LogP) is 4.62. The number of H-pyrrole nitrogens is 1. The van der Waals surface area contributed by atoms with Gasteiger partial charge in [-0.2, -0.15) is 0 Å². The monoisotopic (exact) mass is 312 g/mol. The van der Waals surface area contributed by atoms with E-state index in [-0.39, 0.29) is 11.9 Å². The van der Waals surface area contributed by atoms with Crippen LogP contribution in [0.15, 0.2) is 48.5 Å². The number of nitrogens with one attached hydrogen (secondary N) is 2. The van der Waals surface area contributed by atoms with Gasteiger partial charge in [0.25, 0.3) is 5.91 Å². The molecule has 3 nitrogen and oxygen atoms in total. The van der Waals surface area contributed by atoms with Gasteiger partial charge in [0.15, 0.2) is 0 Å². The van der Waals surface area contributed by atoms with Crippen LogP contribution >= 0.6 is 11.6 Å². The second-order valence-corrected chi connectivity index (χ2v) is 5.79. The van der Waals surface area contributed by atoms with Gasteiger partial charge in [0.1, 0.15) is 5.69 Å². The van der Waals surface area contributed by atoms with Gasteiger partial charge in [0.05, 0.1) is 11.1 Å². The van der Waals surface area contributed by atoms with E-state index in [0.29, 0.717) is 10.7 Å². The maximum atomic E-state index is 12.5. The zero-order valence-corrected chi connectivity index (χ0v) is 13.2. The molecule has 0 unspecified atom stereocenters. The number of hydrogen-bond acceptors (Lipinski definition) is 1. The number of aromatic nitrogens is 1. The van der Waals surface area contributed by atoms with Gasteiger partial charge >= 0.3 is 0 Å². The largest absolute Gasteiger partial charge is 0.349 e. The van der Waals surface area contributed by atoms with Crippen LogP contribution in [0.5, 0.6) is 0 Å². The fourth-order valence-electron chi connectivity index (χ4n) is 2.68. The number of amides is 1. The Morgan fingerprint density at radius 1 is 1.14 bits per heavy atom. The van der Waals surface area contributed by atoms with Crippen LogP contribution in [-0.2, 0) is 0 Å². The first-order valence-electron chi connectivity index (χ1n) is 7.20. The second kappa shape index (κ2) is 5.85. The van der Waals surface area contributed by atoms with Crippen LogP contribution in [-0.4, -0.2) is 10.9 Å². The zero-order chi connectivity index (χ0) is 15.7. The molecule has 0 aliphatic rings. The van der Waals surface area contributed by atoms with E-state index in [1.54, 1.807) is 0 Å². The summed E-state index contributed by atoms with van der Waals surface area (Å²) in [6.07, 6.45) is 0. The van der Waals surface area contributed by atoms with Crippen LogP contribution in [0, 0.1) is 6.92 Å². The number of hydrogen-bond donors (Lipinski definition) is 2. The standard InChI is InChI=1S/C18H17ClN2O/c1-11-7-3-4-8-13(11)12(2)20-18(22)17-16(19)14-9-5-6-10-15(14)21-17/h3-10,12,21H,1-2H3,(H,20,22)/t12-/m1/s1. The molecule has 0 aliphatic heterocycles. The van der Waals surface area contributed by atoms with Crippen molar-refractivity contribution in [2.75, 3.05) is 0 Å². The highest BCUT2D eigenvalue weighted by Crippen LogP contribution is 2.27. The number of aromatic amines is 1. The van der Waals surface area contributed by atoms with Gasteiger partial charge in [-0.05, 0) is 31.0 Å². The second-order valence-electron chi connectivity index (χ2n) is 5.41. The van der Waals surface area contributed by atoms with Gasteiger partial charge in [0, 0.05) is 10.9 Å². The molecule has 0 saturated carbocycles. The van der Waals surface area contributed by atoms with E-state index in [0.717, 1.165) is 22.0 Å². The van der Waals surface area contributed by atoms with Gasteiger partial charge in [-0.15, -0.1) is 0 Å². The predicted molar refractivity (Wildman–Crippen MR) is 90.4 cm³/mol. The van der Waals surface area contributed by atoms with Crippen molar-refractivity contribution in [3.63, 3.8) is 0 Å². The molecule has 0 spiro atoms. The highest BCUT2D eigenvalue weighted by atomic mass is 35.5. The molecule has 0 saturated heterocycles. The maximum Gasteiger partial charge on any atom is 0.269 e. The highest BCUT2D eigenvalue weighted by molar-refractivity contribution is 6.38. The van der Waals surface area contributed by atoms with E-state index >= 15 is 0 Å². The Kier molecular flexibility index (Phi) is 3.90. The molecule has 22 heavy (non-hydrogen) atoms. The minimum absolute atomic E-state index is 0.0869. The number of benzene rings is 2. The van der Waals surface area contributed by atoms with Crippen LogP contribution in [0.4, 0.5) is 0 Å². The van der Waals surface area contributed by atoms with Crippen molar-refractivity contribution in [2.45, 2.75) is 19.9 Å². The Balaban J connectivity index is 1.87. The van der Waals surface area contributed by atoms with Crippen molar-refractivity contribution in [3.8, 4) is 0 Å². The van der Waals surface area contributed by atoms with Gasteiger partial charge in [0.2, 0.25) is 0 Å². The van der Waals surface area contributed by atoms with Crippen molar-refractivity contribution in [1.82, 2.24) is 10.3 Å². The van der Waals surface area contributed by atoms with E-state index in [1.807, 2.05) is 62.4 Å². The third-order valence-electron chi connectivity index (χ3n) is 3.87. The van der Waals surface area contributed by atoms with Gasteiger partial charge in [-0.25, -0.2) is 0 Å².